The van der Waals surface area contributed by atoms with Crippen molar-refractivity contribution in [2.75, 3.05) is 13.1 Å². The van der Waals surface area contributed by atoms with Gasteiger partial charge in [-0.15, -0.1) is 11.6 Å². The van der Waals surface area contributed by atoms with Crippen molar-refractivity contribution in [3.8, 4) is 0 Å². The molecule has 4 amide bonds. The van der Waals surface area contributed by atoms with Gasteiger partial charge >= 0.3 is 6.03 Å². The van der Waals surface area contributed by atoms with E-state index in [1.807, 2.05) is 5.32 Å². The molecule has 1 atom stereocenters. The van der Waals surface area contributed by atoms with Crippen LogP contribution in [0.25, 0.3) is 0 Å². The lowest BCUT2D eigenvalue weighted by Gasteiger charge is -2.19. The topological polar surface area (TPSA) is 92.5 Å². The average molecular weight is 236 g/mol. The Balaban J connectivity index is 4.27. The fraction of sp³-hybridized carbons (Fsp3) is 0.625. The molecule has 0 aliphatic heterocycles. The first-order valence-corrected chi connectivity index (χ1v) is 4.84. The molecular weight excluding hydrogens is 222 g/mol. The number of nitrogens with one attached hydrogen (secondary N) is 1. The summed E-state index contributed by atoms with van der Waals surface area (Å²) in [6.07, 6.45) is 0. The largest absolute Gasteiger partial charge is 0.368 e. The van der Waals surface area contributed by atoms with E-state index in [2.05, 4.69) is 0 Å². The molecule has 0 fully saturated rings. The number of urea groups is 1. The highest BCUT2D eigenvalue weighted by Crippen LogP contribution is 1.94. The number of amides is 4. The van der Waals surface area contributed by atoms with Gasteiger partial charge in [0.05, 0.1) is 0 Å². The quantitative estimate of drug-likeness (QED) is 0.653. The third-order valence-corrected chi connectivity index (χ3v) is 1.81. The molecule has 0 spiro atoms. The van der Waals surface area contributed by atoms with E-state index in [4.69, 9.17) is 17.3 Å². The molecule has 1 unspecified atom stereocenters. The van der Waals surface area contributed by atoms with Crippen molar-refractivity contribution in [3.05, 3.63) is 0 Å². The molecule has 0 radical (unpaired) electrons. The van der Waals surface area contributed by atoms with E-state index in [0.29, 0.717) is 0 Å². The number of nitrogens with two attached hydrogens (primary N) is 1. The summed E-state index contributed by atoms with van der Waals surface area (Å²) in [6.45, 7) is 3.15. The summed E-state index contributed by atoms with van der Waals surface area (Å²) in [5.41, 5.74) is 4.93. The summed E-state index contributed by atoms with van der Waals surface area (Å²) in [4.78, 5) is 34.1. The Bertz CT molecular complexity index is 268. The Morgan fingerprint density at radius 3 is 2.33 bits per heavy atom. The molecule has 0 aromatic carbocycles. The predicted molar refractivity (Wildman–Crippen MR) is 55.3 cm³/mol. The molecule has 15 heavy (non-hydrogen) atoms. The van der Waals surface area contributed by atoms with Crippen LogP contribution in [0.5, 0.6) is 0 Å². The molecule has 0 saturated heterocycles. The maximum Gasteiger partial charge on any atom is 0.324 e. The second-order valence-electron chi connectivity index (χ2n) is 2.89. The van der Waals surface area contributed by atoms with Gasteiger partial charge in [0.15, 0.2) is 0 Å². The Hall–Kier alpha value is -1.30. The minimum Gasteiger partial charge on any atom is -0.368 e. The zero-order valence-corrected chi connectivity index (χ0v) is 9.37. The lowest BCUT2D eigenvalue weighted by Crippen LogP contribution is -2.47. The predicted octanol–water partition coefficient (Wildman–Crippen LogP) is -0.343. The zero-order chi connectivity index (χ0) is 12.0. The molecule has 0 aliphatic carbocycles. The van der Waals surface area contributed by atoms with Gasteiger partial charge in [-0.25, -0.2) is 4.79 Å². The third kappa shape index (κ3) is 5.21. The molecule has 0 heterocycles. The molecule has 3 N–H and O–H groups in total. The van der Waals surface area contributed by atoms with Crippen LogP contribution < -0.4 is 11.1 Å². The number of halogens is 1. The molecule has 0 aromatic heterocycles. The molecule has 0 aromatic rings. The van der Waals surface area contributed by atoms with Crippen LogP contribution in [0.1, 0.15) is 13.8 Å². The van der Waals surface area contributed by atoms with Gasteiger partial charge in [0.1, 0.15) is 11.9 Å². The van der Waals surface area contributed by atoms with Crippen LogP contribution >= 0.6 is 11.6 Å². The SMILES string of the molecule is CCN(CC(N)=O)C(=O)NC(=O)C(C)Cl. The summed E-state index contributed by atoms with van der Waals surface area (Å²) in [6, 6.07) is -0.672. The fourth-order valence-corrected chi connectivity index (χ4v) is 0.854. The molecule has 0 rings (SSSR count). The highest BCUT2D eigenvalue weighted by molar-refractivity contribution is 6.31. The first kappa shape index (κ1) is 13.7. The van der Waals surface area contributed by atoms with Crippen LogP contribution in [0, 0.1) is 0 Å². The van der Waals surface area contributed by atoms with Gasteiger partial charge in [-0.05, 0) is 13.8 Å². The van der Waals surface area contributed by atoms with Crippen LogP contribution in [0.2, 0.25) is 0 Å². The summed E-state index contributed by atoms with van der Waals surface area (Å²) in [5, 5.41) is 1.24. The lowest BCUT2D eigenvalue weighted by atomic mass is 10.4. The highest BCUT2D eigenvalue weighted by Gasteiger charge is 2.18. The van der Waals surface area contributed by atoms with E-state index < -0.39 is 23.2 Å². The Morgan fingerprint density at radius 2 is 2.00 bits per heavy atom. The lowest BCUT2D eigenvalue weighted by molar-refractivity contribution is -0.121. The molecule has 0 saturated carbocycles. The van der Waals surface area contributed by atoms with Crippen molar-refractivity contribution in [1.29, 1.82) is 0 Å². The smallest absolute Gasteiger partial charge is 0.324 e. The van der Waals surface area contributed by atoms with Gasteiger partial charge in [-0.3, -0.25) is 14.9 Å². The Kier molecular flexibility index (Phi) is 5.69. The minimum atomic E-state index is -0.804. The Morgan fingerprint density at radius 1 is 1.47 bits per heavy atom. The van der Waals surface area contributed by atoms with Crippen LogP contribution in [0.15, 0.2) is 0 Å². The van der Waals surface area contributed by atoms with Crippen LogP contribution in [-0.4, -0.2) is 41.2 Å². The van der Waals surface area contributed by atoms with Crippen LogP contribution in [0.4, 0.5) is 4.79 Å². The number of alkyl halides is 1. The van der Waals surface area contributed by atoms with Crippen molar-refractivity contribution >= 4 is 29.4 Å². The summed E-state index contributed by atoms with van der Waals surface area (Å²) in [5.74, 6) is -1.25. The van der Waals surface area contributed by atoms with E-state index >= 15 is 0 Å². The number of carbonyl (C=O) groups is 3. The van der Waals surface area contributed by atoms with Gasteiger partial charge in [0.25, 0.3) is 0 Å². The number of hydrogen-bond donors (Lipinski definition) is 2. The number of hydrogen-bond acceptors (Lipinski definition) is 3. The average Bonchev–Trinajstić information content (AvgIpc) is 2.13. The summed E-state index contributed by atoms with van der Waals surface area (Å²) < 4.78 is 0. The normalized spacial score (nSPS) is 11.7. The monoisotopic (exact) mass is 235 g/mol. The van der Waals surface area contributed by atoms with Gasteiger partial charge in [0, 0.05) is 6.54 Å². The van der Waals surface area contributed by atoms with Crippen LogP contribution in [0.3, 0.4) is 0 Å². The van der Waals surface area contributed by atoms with Crippen LogP contribution in [-0.2, 0) is 9.59 Å². The highest BCUT2D eigenvalue weighted by atomic mass is 35.5. The first-order chi connectivity index (χ1) is 6.88. The first-order valence-electron chi connectivity index (χ1n) is 4.40. The Labute approximate surface area is 92.7 Å². The zero-order valence-electron chi connectivity index (χ0n) is 8.62. The van der Waals surface area contributed by atoms with Gasteiger partial charge in [-0.1, -0.05) is 0 Å². The van der Waals surface area contributed by atoms with E-state index in [0.717, 1.165) is 4.90 Å². The fourth-order valence-electron chi connectivity index (χ4n) is 0.799. The molecule has 0 aliphatic rings. The molecule has 0 bridgehead atoms. The maximum absolute atomic E-state index is 11.4. The standard InChI is InChI=1S/C8H14ClN3O3/c1-3-12(4-6(10)13)8(15)11-7(14)5(2)9/h5H,3-4H2,1-2H3,(H2,10,13)(H,11,14,15). The van der Waals surface area contributed by atoms with Gasteiger partial charge in [0.2, 0.25) is 11.8 Å². The van der Waals surface area contributed by atoms with Crippen molar-refractivity contribution in [1.82, 2.24) is 10.2 Å². The van der Waals surface area contributed by atoms with Crippen molar-refractivity contribution in [2.45, 2.75) is 19.2 Å². The summed E-state index contributed by atoms with van der Waals surface area (Å²) >= 11 is 5.45. The van der Waals surface area contributed by atoms with Crippen molar-refractivity contribution in [3.63, 3.8) is 0 Å². The maximum atomic E-state index is 11.4. The number of carbonyl (C=O) groups excluding carboxylic acids is 3. The van der Waals surface area contributed by atoms with Gasteiger partial charge < -0.3 is 10.6 Å². The number of rotatable bonds is 4. The summed E-state index contributed by atoms with van der Waals surface area (Å²) in [7, 11) is 0. The van der Waals surface area contributed by atoms with Crippen molar-refractivity contribution < 1.29 is 14.4 Å². The molecular formula is C8H14ClN3O3. The molecule has 6 nitrogen and oxygen atoms in total. The third-order valence-electron chi connectivity index (χ3n) is 1.61. The van der Waals surface area contributed by atoms with E-state index in [1.165, 1.54) is 6.92 Å². The van der Waals surface area contributed by atoms with E-state index in [1.54, 1.807) is 6.92 Å². The number of primary amides is 1. The number of likely N-dealkylation sites (N-methyl/N-ethyl adjacent to an activating group) is 1. The second kappa shape index (κ2) is 6.23. The molecule has 7 heteroatoms. The van der Waals surface area contributed by atoms with E-state index in [9.17, 15) is 14.4 Å². The number of nitrogens with zero attached hydrogens (tertiary/aromatic N) is 1. The molecule has 86 valence electrons. The second-order valence-corrected chi connectivity index (χ2v) is 3.55. The van der Waals surface area contributed by atoms with Crippen molar-refractivity contribution in [2.24, 2.45) is 5.73 Å². The number of imide groups is 1. The van der Waals surface area contributed by atoms with Gasteiger partial charge in [-0.2, -0.15) is 0 Å². The minimum absolute atomic E-state index is 0.230. The van der Waals surface area contributed by atoms with E-state index in [-0.39, 0.29) is 13.1 Å².